The maximum atomic E-state index is 12.2. The minimum Gasteiger partial charge on any atom is -0.507 e. The summed E-state index contributed by atoms with van der Waals surface area (Å²) in [5.41, 5.74) is 4.56. The van der Waals surface area contributed by atoms with E-state index in [4.69, 9.17) is 4.74 Å². The van der Waals surface area contributed by atoms with Gasteiger partial charge in [0.05, 0.1) is 19.0 Å². The summed E-state index contributed by atoms with van der Waals surface area (Å²) < 4.78 is 5.97. The molecule has 3 aromatic rings. The van der Waals surface area contributed by atoms with Crippen LogP contribution >= 0.6 is 15.9 Å². The van der Waals surface area contributed by atoms with Crippen molar-refractivity contribution in [3.8, 4) is 22.8 Å². The smallest absolute Gasteiger partial charge is 0.289 e. The second-order valence-corrected chi connectivity index (χ2v) is 6.22. The quantitative estimate of drug-likeness (QED) is 0.440. The summed E-state index contributed by atoms with van der Waals surface area (Å²) in [7, 11) is 1.59. The predicted molar refractivity (Wildman–Crippen MR) is 101 cm³/mol. The molecule has 7 nitrogen and oxygen atoms in total. The number of ether oxygens (including phenoxy) is 1. The molecule has 0 aliphatic rings. The standard InChI is InChI=1S/C18H15BrN4O3/c1-26-14-4-2-3-11(8-14)15-9-16(22-21-15)18(25)23-20-10-12-7-13(19)5-6-17(12)24/h2-10,24H,1H3,(H,21,22)(H,23,25)/b20-10-. The summed E-state index contributed by atoms with van der Waals surface area (Å²) in [5.74, 6) is 0.320. The highest BCUT2D eigenvalue weighted by Crippen LogP contribution is 2.22. The maximum absolute atomic E-state index is 12.2. The average Bonchev–Trinajstić information content (AvgIpc) is 3.15. The molecule has 132 valence electrons. The third-order valence-electron chi connectivity index (χ3n) is 3.55. The van der Waals surface area contributed by atoms with Gasteiger partial charge in [0.15, 0.2) is 0 Å². The number of carbonyl (C=O) groups excluding carboxylic acids is 1. The number of hydrogen-bond acceptors (Lipinski definition) is 5. The summed E-state index contributed by atoms with van der Waals surface area (Å²) in [6.45, 7) is 0. The van der Waals surface area contributed by atoms with Crippen molar-refractivity contribution in [3.05, 3.63) is 64.3 Å². The van der Waals surface area contributed by atoms with Crippen molar-refractivity contribution in [1.82, 2.24) is 15.6 Å². The second-order valence-electron chi connectivity index (χ2n) is 5.30. The van der Waals surface area contributed by atoms with E-state index in [9.17, 15) is 9.90 Å². The number of rotatable bonds is 5. The average molecular weight is 415 g/mol. The molecule has 26 heavy (non-hydrogen) atoms. The topological polar surface area (TPSA) is 99.6 Å². The number of amides is 1. The van der Waals surface area contributed by atoms with Crippen LogP contribution in [0.3, 0.4) is 0 Å². The van der Waals surface area contributed by atoms with Gasteiger partial charge in [0.1, 0.15) is 17.2 Å². The lowest BCUT2D eigenvalue weighted by atomic mass is 10.1. The van der Waals surface area contributed by atoms with Gasteiger partial charge in [-0.25, -0.2) is 5.43 Å². The van der Waals surface area contributed by atoms with E-state index in [1.165, 1.54) is 12.3 Å². The van der Waals surface area contributed by atoms with Crippen LogP contribution in [0.25, 0.3) is 11.3 Å². The Morgan fingerprint density at radius 3 is 2.96 bits per heavy atom. The number of nitrogens with one attached hydrogen (secondary N) is 2. The van der Waals surface area contributed by atoms with Crippen molar-refractivity contribution in [2.24, 2.45) is 5.10 Å². The van der Waals surface area contributed by atoms with Crippen molar-refractivity contribution < 1.29 is 14.6 Å². The number of methoxy groups -OCH3 is 1. The predicted octanol–water partition coefficient (Wildman–Crippen LogP) is 3.32. The van der Waals surface area contributed by atoms with E-state index in [1.807, 2.05) is 24.3 Å². The van der Waals surface area contributed by atoms with Crippen LogP contribution in [0.15, 0.2) is 58.1 Å². The molecule has 0 bridgehead atoms. The molecule has 1 aromatic heterocycles. The molecule has 3 rings (SSSR count). The molecule has 0 atom stereocenters. The van der Waals surface area contributed by atoms with Gasteiger partial charge >= 0.3 is 0 Å². The minimum absolute atomic E-state index is 0.0630. The Labute approximate surface area is 157 Å². The number of carbonyl (C=O) groups is 1. The number of halogens is 1. The zero-order valence-electron chi connectivity index (χ0n) is 13.7. The number of hydrazone groups is 1. The summed E-state index contributed by atoms with van der Waals surface area (Å²) in [6, 6.07) is 13.9. The van der Waals surface area contributed by atoms with Crippen LogP contribution < -0.4 is 10.2 Å². The molecule has 8 heteroatoms. The molecule has 0 spiro atoms. The van der Waals surface area contributed by atoms with Gasteiger partial charge in [0, 0.05) is 15.6 Å². The van der Waals surface area contributed by atoms with Crippen LogP contribution in [0.2, 0.25) is 0 Å². The highest BCUT2D eigenvalue weighted by Gasteiger charge is 2.11. The zero-order valence-corrected chi connectivity index (χ0v) is 15.3. The van der Waals surface area contributed by atoms with Gasteiger partial charge in [-0.15, -0.1) is 0 Å². The van der Waals surface area contributed by atoms with Gasteiger partial charge in [-0.3, -0.25) is 9.89 Å². The lowest BCUT2D eigenvalue weighted by Crippen LogP contribution is -2.18. The fourth-order valence-corrected chi connectivity index (χ4v) is 2.60. The molecule has 0 aliphatic carbocycles. The van der Waals surface area contributed by atoms with Gasteiger partial charge in [-0.2, -0.15) is 10.2 Å². The van der Waals surface area contributed by atoms with E-state index in [2.05, 4.69) is 36.7 Å². The third-order valence-corrected chi connectivity index (χ3v) is 4.04. The fourth-order valence-electron chi connectivity index (χ4n) is 2.22. The van der Waals surface area contributed by atoms with Crippen molar-refractivity contribution in [3.63, 3.8) is 0 Å². The molecular formula is C18H15BrN4O3. The van der Waals surface area contributed by atoms with E-state index in [0.717, 1.165) is 10.0 Å². The number of phenolic OH excluding ortho intramolecular Hbond substituents is 1. The van der Waals surface area contributed by atoms with E-state index >= 15 is 0 Å². The van der Waals surface area contributed by atoms with Crippen LogP contribution in [0.4, 0.5) is 0 Å². The van der Waals surface area contributed by atoms with Gasteiger partial charge in [0.2, 0.25) is 0 Å². The largest absolute Gasteiger partial charge is 0.507 e. The normalized spacial score (nSPS) is 10.8. The molecule has 0 aliphatic heterocycles. The van der Waals surface area contributed by atoms with Crippen LogP contribution in [0, 0.1) is 0 Å². The molecule has 0 saturated heterocycles. The Morgan fingerprint density at radius 2 is 2.15 bits per heavy atom. The van der Waals surface area contributed by atoms with Crippen molar-refractivity contribution >= 4 is 28.1 Å². The Bertz CT molecular complexity index is 969. The Hall–Kier alpha value is -3.13. The first-order chi connectivity index (χ1) is 12.6. The van der Waals surface area contributed by atoms with E-state index < -0.39 is 5.91 Å². The van der Waals surface area contributed by atoms with E-state index in [-0.39, 0.29) is 11.4 Å². The summed E-state index contributed by atoms with van der Waals surface area (Å²) >= 11 is 3.31. The highest BCUT2D eigenvalue weighted by molar-refractivity contribution is 9.10. The number of aromatic hydroxyl groups is 1. The summed E-state index contributed by atoms with van der Waals surface area (Å²) in [6.07, 6.45) is 1.36. The number of H-pyrrole nitrogens is 1. The SMILES string of the molecule is COc1cccc(-c2cc(C(=O)N/N=C\c3cc(Br)ccc3O)[nH]n2)c1. The highest BCUT2D eigenvalue weighted by atomic mass is 79.9. The lowest BCUT2D eigenvalue weighted by molar-refractivity contribution is 0.0950. The minimum atomic E-state index is -0.447. The molecule has 0 radical (unpaired) electrons. The zero-order chi connectivity index (χ0) is 18.5. The molecule has 1 heterocycles. The van der Waals surface area contributed by atoms with E-state index in [1.54, 1.807) is 25.3 Å². The summed E-state index contributed by atoms with van der Waals surface area (Å²) in [5, 5.41) is 20.4. The molecule has 3 N–H and O–H groups in total. The fraction of sp³-hybridized carbons (Fsp3) is 0.0556. The second kappa shape index (κ2) is 7.83. The van der Waals surface area contributed by atoms with Crippen LogP contribution in [0.1, 0.15) is 16.1 Å². The first-order valence-corrected chi connectivity index (χ1v) is 8.38. The number of hydrogen-bond donors (Lipinski definition) is 3. The number of benzene rings is 2. The van der Waals surface area contributed by atoms with Gasteiger partial charge < -0.3 is 9.84 Å². The van der Waals surface area contributed by atoms with Crippen molar-refractivity contribution in [2.75, 3.05) is 7.11 Å². The third kappa shape index (κ3) is 4.09. The van der Waals surface area contributed by atoms with Crippen LogP contribution in [0.5, 0.6) is 11.5 Å². The van der Waals surface area contributed by atoms with E-state index in [0.29, 0.717) is 17.0 Å². The number of nitrogens with zero attached hydrogens (tertiary/aromatic N) is 2. The molecule has 2 aromatic carbocycles. The number of aromatic nitrogens is 2. The lowest BCUT2D eigenvalue weighted by Gasteiger charge is -2.01. The molecule has 0 saturated carbocycles. The van der Waals surface area contributed by atoms with Gasteiger partial charge in [-0.1, -0.05) is 28.1 Å². The monoisotopic (exact) mass is 414 g/mol. The first kappa shape index (κ1) is 17.7. The molecule has 0 fully saturated rings. The first-order valence-electron chi connectivity index (χ1n) is 7.58. The van der Waals surface area contributed by atoms with Crippen molar-refractivity contribution in [1.29, 1.82) is 0 Å². The van der Waals surface area contributed by atoms with Gasteiger partial charge in [0.25, 0.3) is 5.91 Å². The molecule has 1 amide bonds. The van der Waals surface area contributed by atoms with Crippen LogP contribution in [-0.2, 0) is 0 Å². The number of phenols is 1. The molecule has 0 unspecified atom stereocenters. The maximum Gasteiger partial charge on any atom is 0.289 e. The Morgan fingerprint density at radius 1 is 1.31 bits per heavy atom. The molecular weight excluding hydrogens is 400 g/mol. The van der Waals surface area contributed by atoms with Crippen molar-refractivity contribution in [2.45, 2.75) is 0 Å². The summed E-state index contributed by atoms with van der Waals surface area (Å²) in [4.78, 5) is 12.2. The Kier molecular flexibility index (Phi) is 5.33. The van der Waals surface area contributed by atoms with Gasteiger partial charge in [-0.05, 0) is 36.4 Å². The van der Waals surface area contributed by atoms with Crippen LogP contribution in [-0.4, -0.2) is 34.5 Å². The number of aromatic amines is 1. The Balaban J connectivity index is 1.70.